The van der Waals surface area contributed by atoms with E-state index >= 15 is 0 Å². The van der Waals surface area contributed by atoms with Gasteiger partial charge in [0, 0.05) is 32.4 Å². The van der Waals surface area contributed by atoms with Crippen molar-refractivity contribution in [2.75, 3.05) is 33.2 Å². The van der Waals surface area contributed by atoms with Gasteiger partial charge in [0.15, 0.2) is 0 Å². The van der Waals surface area contributed by atoms with Crippen LogP contribution in [0.25, 0.3) is 11.0 Å². The Balaban J connectivity index is 1.48. The van der Waals surface area contributed by atoms with Crippen LogP contribution in [0.15, 0.2) is 52.5 Å². The van der Waals surface area contributed by atoms with E-state index in [-0.39, 0.29) is 16.5 Å². The van der Waals surface area contributed by atoms with Crippen LogP contribution < -0.4 is 0 Å². The molecule has 0 N–H and O–H groups in total. The maximum atomic E-state index is 13.5. The van der Waals surface area contributed by atoms with Crippen LogP contribution in [0.1, 0.15) is 12.4 Å². The average molecular weight is 454 g/mol. The van der Waals surface area contributed by atoms with Gasteiger partial charge in [-0.25, -0.2) is 18.4 Å². The Morgan fingerprint density at radius 2 is 1.83 bits per heavy atom. The van der Waals surface area contributed by atoms with E-state index in [1.807, 2.05) is 7.05 Å². The van der Waals surface area contributed by atoms with Gasteiger partial charge in [-0.3, -0.25) is 4.57 Å². The van der Waals surface area contributed by atoms with E-state index in [0.29, 0.717) is 42.2 Å². The van der Waals surface area contributed by atoms with Crippen LogP contribution in [0.3, 0.4) is 0 Å². The fourth-order valence-corrected chi connectivity index (χ4v) is 5.47. The van der Waals surface area contributed by atoms with Gasteiger partial charge in [-0.2, -0.15) is 13.1 Å². The third-order valence-electron chi connectivity index (χ3n) is 5.02. The number of hydrogen-bond acceptors (Lipinski definition) is 6. The van der Waals surface area contributed by atoms with Crippen LogP contribution >= 0.6 is 11.8 Å². The molecule has 1 fully saturated rings. The van der Waals surface area contributed by atoms with Gasteiger partial charge in [0.1, 0.15) is 10.7 Å². The molecule has 1 saturated heterocycles. The number of imidazole rings is 1. The Hall–Kier alpha value is -2.08. The molecular formula is C19H21F2N5O2S2. The van der Waals surface area contributed by atoms with Crippen molar-refractivity contribution in [3.63, 3.8) is 0 Å². The number of benzene rings is 1. The molecule has 0 amide bonds. The molecule has 11 heteroatoms. The van der Waals surface area contributed by atoms with Gasteiger partial charge < -0.3 is 4.90 Å². The predicted octanol–water partition coefficient (Wildman–Crippen LogP) is 3.05. The Morgan fingerprint density at radius 3 is 2.50 bits per heavy atom. The van der Waals surface area contributed by atoms with Crippen LogP contribution in [0.2, 0.25) is 0 Å². The minimum Gasteiger partial charge on any atom is -0.304 e. The maximum absolute atomic E-state index is 13.5. The second kappa shape index (κ2) is 8.58. The van der Waals surface area contributed by atoms with Crippen molar-refractivity contribution in [1.82, 2.24) is 23.7 Å². The lowest BCUT2D eigenvalue weighted by Gasteiger charge is -2.31. The summed E-state index contributed by atoms with van der Waals surface area (Å²) in [5, 5.41) is 0.542. The fraction of sp³-hybridized carbons (Fsp3) is 0.368. The molecule has 1 aromatic carbocycles. The number of aromatic nitrogens is 3. The smallest absolute Gasteiger partial charge is 0.304 e. The molecule has 3 aromatic rings. The quantitative estimate of drug-likeness (QED) is 0.535. The second-order valence-corrected chi connectivity index (χ2v) is 9.93. The summed E-state index contributed by atoms with van der Waals surface area (Å²) in [7, 11) is -1.63. The largest absolute Gasteiger partial charge is 0.320 e. The first kappa shape index (κ1) is 21.2. The lowest BCUT2D eigenvalue weighted by molar-refractivity contribution is 0.0722. The number of pyridine rings is 1. The number of rotatable bonds is 6. The zero-order valence-electron chi connectivity index (χ0n) is 16.3. The van der Waals surface area contributed by atoms with Gasteiger partial charge in [0.05, 0.1) is 21.8 Å². The summed E-state index contributed by atoms with van der Waals surface area (Å²) in [6.07, 6.45) is 1.33. The first-order valence-electron chi connectivity index (χ1n) is 9.38. The molecule has 0 bridgehead atoms. The van der Waals surface area contributed by atoms with E-state index in [2.05, 4.69) is 14.9 Å². The van der Waals surface area contributed by atoms with Crippen molar-refractivity contribution in [2.24, 2.45) is 0 Å². The Kier molecular flexibility index (Phi) is 6.05. The van der Waals surface area contributed by atoms with Crippen LogP contribution in [0.5, 0.6) is 0 Å². The number of sulfonamides is 1. The van der Waals surface area contributed by atoms with E-state index in [4.69, 9.17) is 0 Å². The summed E-state index contributed by atoms with van der Waals surface area (Å²) < 4.78 is 55.0. The zero-order chi connectivity index (χ0) is 21.3. The Bertz CT molecular complexity index is 1130. The highest BCUT2D eigenvalue weighted by Crippen LogP contribution is 2.28. The molecule has 30 heavy (non-hydrogen) atoms. The molecule has 0 unspecified atom stereocenters. The van der Waals surface area contributed by atoms with Gasteiger partial charge in [-0.05, 0) is 31.3 Å². The molecule has 3 heterocycles. The molecule has 0 aliphatic carbocycles. The normalized spacial score (nSPS) is 16.5. The first-order valence-corrected chi connectivity index (χ1v) is 11.8. The summed E-state index contributed by atoms with van der Waals surface area (Å²) >= 11 is 1.23. The summed E-state index contributed by atoms with van der Waals surface area (Å²) in [6.45, 7) is -0.437. The first-order chi connectivity index (χ1) is 14.4. The second-order valence-electron chi connectivity index (χ2n) is 6.99. The molecule has 2 aromatic heterocycles. The highest BCUT2D eigenvalue weighted by atomic mass is 32.2. The van der Waals surface area contributed by atoms with Crippen LogP contribution in [-0.2, 0) is 15.8 Å². The SMILES string of the molecule is CN1CCN(S(=O)(=O)c2ccc(SCc3nc4ccccc4n3C(F)F)nc2)CC1. The number of likely N-dealkylation sites (N-methyl/N-ethyl adjacent to an activating group) is 1. The number of thioether (sulfide) groups is 1. The molecular weight excluding hydrogens is 432 g/mol. The van der Waals surface area contributed by atoms with Crippen LogP contribution in [0.4, 0.5) is 8.78 Å². The number of nitrogens with zero attached hydrogens (tertiary/aromatic N) is 5. The molecule has 0 atom stereocenters. The third-order valence-corrected chi connectivity index (χ3v) is 7.84. The summed E-state index contributed by atoms with van der Waals surface area (Å²) in [4.78, 5) is 10.7. The van der Waals surface area contributed by atoms with Crippen LogP contribution in [0, 0.1) is 0 Å². The van der Waals surface area contributed by atoms with Gasteiger partial charge >= 0.3 is 6.55 Å². The summed E-state index contributed by atoms with van der Waals surface area (Å²) in [5.74, 6) is 0.434. The highest BCUT2D eigenvalue weighted by Gasteiger charge is 2.27. The zero-order valence-corrected chi connectivity index (χ0v) is 17.9. The molecule has 7 nitrogen and oxygen atoms in total. The Morgan fingerprint density at radius 1 is 1.10 bits per heavy atom. The predicted molar refractivity (Wildman–Crippen MR) is 111 cm³/mol. The maximum Gasteiger partial charge on any atom is 0.320 e. The van der Waals surface area contributed by atoms with Crippen LogP contribution in [-0.4, -0.2) is 65.4 Å². The third kappa shape index (κ3) is 4.20. The monoisotopic (exact) mass is 453 g/mol. The molecule has 0 saturated carbocycles. The lowest BCUT2D eigenvalue weighted by Crippen LogP contribution is -2.47. The van der Waals surface area contributed by atoms with Crippen molar-refractivity contribution in [3.05, 3.63) is 48.4 Å². The molecule has 160 valence electrons. The number of hydrogen-bond donors (Lipinski definition) is 0. The van der Waals surface area contributed by atoms with Crippen molar-refractivity contribution in [2.45, 2.75) is 22.2 Å². The Labute approximate surface area is 177 Å². The van der Waals surface area contributed by atoms with E-state index in [0.717, 1.165) is 4.57 Å². The van der Waals surface area contributed by atoms with Crippen molar-refractivity contribution < 1.29 is 17.2 Å². The number of para-hydroxylation sites is 2. The minimum atomic E-state index is -3.59. The van der Waals surface area contributed by atoms with Gasteiger partial charge in [-0.1, -0.05) is 23.9 Å². The van der Waals surface area contributed by atoms with Gasteiger partial charge in [0.25, 0.3) is 0 Å². The average Bonchev–Trinajstić information content (AvgIpc) is 3.11. The number of alkyl halides is 2. The van der Waals surface area contributed by atoms with Crippen molar-refractivity contribution in [1.29, 1.82) is 0 Å². The number of fused-ring (bicyclic) bond motifs is 1. The number of halogens is 2. The summed E-state index contributed by atoms with van der Waals surface area (Å²) in [6, 6.07) is 9.86. The molecule has 4 rings (SSSR count). The van der Waals surface area contributed by atoms with Crippen molar-refractivity contribution >= 4 is 32.8 Å². The molecule has 0 spiro atoms. The topological polar surface area (TPSA) is 71.3 Å². The molecule has 1 aliphatic heterocycles. The lowest BCUT2D eigenvalue weighted by atomic mass is 10.3. The standard InChI is InChI=1S/C19H21F2N5O2S2/c1-24-8-10-25(11-9-24)30(27,28)14-6-7-18(22-12-14)29-13-17-23-15-4-2-3-5-16(15)26(17)19(20)21/h2-7,12,19H,8-11,13H2,1H3. The van der Waals surface area contributed by atoms with E-state index in [9.17, 15) is 17.2 Å². The fourth-order valence-electron chi connectivity index (χ4n) is 3.33. The molecule has 0 radical (unpaired) electrons. The highest BCUT2D eigenvalue weighted by molar-refractivity contribution is 7.98. The molecule has 1 aliphatic rings. The van der Waals surface area contributed by atoms with E-state index in [1.54, 1.807) is 30.3 Å². The van der Waals surface area contributed by atoms with Crippen molar-refractivity contribution in [3.8, 4) is 0 Å². The summed E-state index contributed by atoms with van der Waals surface area (Å²) in [5.41, 5.74) is 0.889. The van der Waals surface area contributed by atoms with E-state index < -0.39 is 16.6 Å². The van der Waals surface area contributed by atoms with E-state index in [1.165, 1.54) is 28.3 Å². The minimum absolute atomic E-state index is 0.135. The van der Waals surface area contributed by atoms with Gasteiger partial charge in [0.2, 0.25) is 10.0 Å². The van der Waals surface area contributed by atoms with Gasteiger partial charge in [-0.15, -0.1) is 0 Å². The number of piperazine rings is 1.